The van der Waals surface area contributed by atoms with E-state index in [1.807, 2.05) is 7.05 Å². The molecule has 0 aliphatic carbocycles. The summed E-state index contributed by atoms with van der Waals surface area (Å²) >= 11 is 0. The SMILES string of the molecule is C#CCNC(=O)CCC1CNC(=O)C2C(CCN2Cc2ccc(F)cc2)N1C. The fraction of sp³-hybridized carbons (Fsp3) is 0.524. The first-order valence-electron chi connectivity index (χ1n) is 9.68. The van der Waals surface area contributed by atoms with E-state index < -0.39 is 0 Å². The third kappa shape index (κ3) is 4.70. The van der Waals surface area contributed by atoms with E-state index in [9.17, 15) is 14.0 Å². The van der Waals surface area contributed by atoms with Gasteiger partial charge in [0.1, 0.15) is 11.9 Å². The van der Waals surface area contributed by atoms with Crippen molar-refractivity contribution in [3.63, 3.8) is 0 Å². The Kier molecular flexibility index (Phi) is 6.65. The number of fused-ring (bicyclic) bond motifs is 1. The van der Waals surface area contributed by atoms with E-state index >= 15 is 0 Å². The van der Waals surface area contributed by atoms with E-state index in [4.69, 9.17) is 6.42 Å². The molecule has 2 saturated heterocycles. The first kappa shape index (κ1) is 20.3. The van der Waals surface area contributed by atoms with Crippen LogP contribution in [0, 0.1) is 18.2 Å². The van der Waals surface area contributed by atoms with Gasteiger partial charge in [0.25, 0.3) is 0 Å². The van der Waals surface area contributed by atoms with Gasteiger partial charge in [-0.3, -0.25) is 19.4 Å². The molecule has 1 aromatic rings. The molecule has 0 radical (unpaired) electrons. The molecule has 3 atom stereocenters. The molecule has 2 amide bonds. The van der Waals surface area contributed by atoms with Crippen LogP contribution in [-0.4, -0.2) is 66.4 Å². The molecule has 2 N–H and O–H groups in total. The van der Waals surface area contributed by atoms with Crippen LogP contribution in [0.5, 0.6) is 0 Å². The lowest BCUT2D eigenvalue weighted by molar-refractivity contribution is -0.126. The Labute approximate surface area is 165 Å². The second-order valence-corrected chi connectivity index (χ2v) is 7.48. The molecule has 3 unspecified atom stereocenters. The number of rotatable bonds is 6. The molecule has 0 saturated carbocycles. The molecule has 6 nitrogen and oxygen atoms in total. The molecular formula is C21H27FN4O2. The van der Waals surface area contributed by atoms with Crippen LogP contribution in [0.25, 0.3) is 0 Å². The number of nitrogens with zero attached hydrogens (tertiary/aromatic N) is 2. The normalized spacial score (nSPS) is 25.5. The second-order valence-electron chi connectivity index (χ2n) is 7.48. The molecular weight excluding hydrogens is 359 g/mol. The molecule has 28 heavy (non-hydrogen) atoms. The summed E-state index contributed by atoms with van der Waals surface area (Å²) in [6.07, 6.45) is 7.09. The van der Waals surface area contributed by atoms with Crippen molar-refractivity contribution in [3.8, 4) is 12.3 Å². The number of terminal acetylenes is 1. The third-order valence-corrected chi connectivity index (χ3v) is 5.74. The predicted octanol–water partition coefficient (Wildman–Crippen LogP) is 0.728. The number of likely N-dealkylation sites (N-methyl/N-ethyl adjacent to an activating group) is 1. The number of likely N-dealkylation sites (tertiary alicyclic amines) is 1. The minimum atomic E-state index is -0.260. The molecule has 0 bridgehead atoms. The van der Waals surface area contributed by atoms with E-state index in [-0.39, 0.29) is 42.3 Å². The van der Waals surface area contributed by atoms with Crippen LogP contribution in [-0.2, 0) is 16.1 Å². The largest absolute Gasteiger partial charge is 0.353 e. The van der Waals surface area contributed by atoms with Crippen LogP contribution in [0.3, 0.4) is 0 Å². The molecule has 0 spiro atoms. The zero-order valence-electron chi connectivity index (χ0n) is 16.2. The Morgan fingerprint density at radius 3 is 2.86 bits per heavy atom. The standard InChI is InChI=1S/C21H27FN4O2/c1-3-11-23-19(27)9-8-17-13-24-21(28)20-18(25(17)2)10-12-26(20)14-15-4-6-16(22)7-5-15/h1,4-7,17-18,20H,8-14H2,2H3,(H,23,27)(H,24,28). The minimum absolute atomic E-state index is 0.0238. The summed E-state index contributed by atoms with van der Waals surface area (Å²) < 4.78 is 13.2. The van der Waals surface area contributed by atoms with Crippen molar-refractivity contribution in [1.82, 2.24) is 20.4 Å². The number of amides is 2. The van der Waals surface area contributed by atoms with Crippen LogP contribution in [0.2, 0.25) is 0 Å². The van der Waals surface area contributed by atoms with Gasteiger partial charge in [-0.25, -0.2) is 4.39 Å². The maximum Gasteiger partial charge on any atom is 0.239 e. The topological polar surface area (TPSA) is 64.7 Å². The Balaban J connectivity index is 1.63. The van der Waals surface area contributed by atoms with Gasteiger partial charge in [0.05, 0.1) is 6.54 Å². The monoisotopic (exact) mass is 386 g/mol. The van der Waals surface area contributed by atoms with E-state index in [1.54, 1.807) is 12.1 Å². The van der Waals surface area contributed by atoms with Crippen LogP contribution in [0.4, 0.5) is 4.39 Å². The number of hydrogen-bond acceptors (Lipinski definition) is 4. The maximum atomic E-state index is 13.2. The van der Waals surface area contributed by atoms with Crippen molar-refractivity contribution < 1.29 is 14.0 Å². The summed E-state index contributed by atoms with van der Waals surface area (Å²) in [6.45, 7) is 2.18. The molecule has 0 aromatic heterocycles. The summed E-state index contributed by atoms with van der Waals surface area (Å²) in [5.74, 6) is 2.09. The summed E-state index contributed by atoms with van der Waals surface area (Å²) in [5.41, 5.74) is 0.989. The molecule has 2 aliphatic heterocycles. The van der Waals surface area contributed by atoms with Gasteiger partial charge in [0.15, 0.2) is 0 Å². The highest BCUT2D eigenvalue weighted by Crippen LogP contribution is 2.28. The Morgan fingerprint density at radius 2 is 2.14 bits per heavy atom. The van der Waals surface area contributed by atoms with E-state index in [0.717, 1.165) is 18.5 Å². The van der Waals surface area contributed by atoms with Crippen LogP contribution in [0.1, 0.15) is 24.8 Å². The number of nitrogens with one attached hydrogen (secondary N) is 2. The average molecular weight is 386 g/mol. The fourth-order valence-electron chi connectivity index (χ4n) is 4.19. The van der Waals surface area contributed by atoms with Crippen LogP contribution in [0.15, 0.2) is 24.3 Å². The highest BCUT2D eigenvalue weighted by molar-refractivity contribution is 5.83. The number of benzene rings is 1. The molecule has 7 heteroatoms. The number of hydrogen-bond donors (Lipinski definition) is 2. The van der Waals surface area contributed by atoms with Gasteiger partial charge in [0.2, 0.25) is 11.8 Å². The van der Waals surface area contributed by atoms with Gasteiger partial charge in [0, 0.05) is 38.1 Å². The number of halogens is 1. The lowest BCUT2D eigenvalue weighted by Gasteiger charge is -2.33. The summed E-state index contributed by atoms with van der Waals surface area (Å²) in [6, 6.07) is 6.38. The Bertz CT molecular complexity index is 746. The Morgan fingerprint density at radius 1 is 1.39 bits per heavy atom. The number of carbonyl (C=O) groups is 2. The zero-order valence-corrected chi connectivity index (χ0v) is 16.2. The van der Waals surface area contributed by atoms with Gasteiger partial charge < -0.3 is 10.6 Å². The fourth-order valence-corrected chi connectivity index (χ4v) is 4.19. The highest BCUT2D eigenvalue weighted by Gasteiger charge is 2.44. The van der Waals surface area contributed by atoms with E-state index in [1.165, 1.54) is 12.1 Å². The van der Waals surface area contributed by atoms with Crippen molar-refractivity contribution in [2.75, 3.05) is 26.7 Å². The maximum absolute atomic E-state index is 13.2. The Hall–Kier alpha value is -2.43. The molecule has 2 fully saturated rings. The van der Waals surface area contributed by atoms with Gasteiger partial charge in [-0.05, 0) is 37.6 Å². The van der Waals surface area contributed by atoms with Crippen molar-refractivity contribution >= 4 is 11.8 Å². The summed E-state index contributed by atoms with van der Waals surface area (Å²) in [7, 11) is 2.03. The van der Waals surface area contributed by atoms with Gasteiger partial charge in [-0.2, -0.15) is 0 Å². The summed E-state index contributed by atoms with van der Waals surface area (Å²) in [4.78, 5) is 29.0. The van der Waals surface area contributed by atoms with Crippen molar-refractivity contribution in [1.29, 1.82) is 0 Å². The van der Waals surface area contributed by atoms with Crippen LogP contribution >= 0.6 is 0 Å². The van der Waals surface area contributed by atoms with Gasteiger partial charge in [-0.1, -0.05) is 18.1 Å². The number of carbonyl (C=O) groups excluding carboxylic acids is 2. The molecule has 2 heterocycles. The first-order chi connectivity index (χ1) is 13.5. The lowest BCUT2D eigenvalue weighted by Crippen LogP contribution is -2.49. The van der Waals surface area contributed by atoms with Gasteiger partial charge >= 0.3 is 0 Å². The van der Waals surface area contributed by atoms with Crippen molar-refractivity contribution in [3.05, 3.63) is 35.6 Å². The molecule has 150 valence electrons. The second kappa shape index (κ2) is 9.18. The first-order valence-corrected chi connectivity index (χ1v) is 9.68. The highest BCUT2D eigenvalue weighted by atomic mass is 19.1. The van der Waals surface area contributed by atoms with E-state index in [0.29, 0.717) is 25.9 Å². The zero-order chi connectivity index (χ0) is 20.1. The van der Waals surface area contributed by atoms with Crippen molar-refractivity contribution in [2.45, 2.75) is 43.9 Å². The minimum Gasteiger partial charge on any atom is -0.353 e. The average Bonchev–Trinajstić information content (AvgIpc) is 3.06. The molecule has 2 aliphatic rings. The smallest absolute Gasteiger partial charge is 0.239 e. The predicted molar refractivity (Wildman–Crippen MR) is 105 cm³/mol. The molecule has 1 aromatic carbocycles. The molecule has 3 rings (SSSR count). The van der Waals surface area contributed by atoms with Gasteiger partial charge in [-0.15, -0.1) is 6.42 Å². The van der Waals surface area contributed by atoms with Crippen LogP contribution < -0.4 is 10.6 Å². The third-order valence-electron chi connectivity index (χ3n) is 5.74. The van der Waals surface area contributed by atoms with E-state index in [2.05, 4.69) is 26.4 Å². The van der Waals surface area contributed by atoms with Crippen molar-refractivity contribution in [2.24, 2.45) is 0 Å². The lowest BCUT2D eigenvalue weighted by atomic mass is 10.0. The summed E-state index contributed by atoms with van der Waals surface area (Å²) in [5, 5.41) is 5.72. The quantitative estimate of drug-likeness (QED) is 0.708.